The van der Waals surface area contributed by atoms with Gasteiger partial charge in [-0.1, -0.05) is 61.2 Å². The Balaban J connectivity index is 2.28. The van der Waals surface area contributed by atoms with Crippen LogP contribution in [0.3, 0.4) is 0 Å². The minimum atomic E-state index is 0.890. The van der Waals surface area contributed by atoms with Crippen molar-refractivity contribution >= 4 is 11.4 Å². The van der Waals surface area contributed by atoms with Gasteiger partial charge in [-0.3, -0.25) is 0 Å². The van der Waals surface area contributed by atoms with Gasteiger partial charge < -0.3 is 4.90 Å². The lowest BCUT2D eigenvalue weighted by atomic mass is 10.1. The smallest absolute Gasteiger partial charge is 0.0411 e. The number of benzene rings is 2. The van der Waals surface area contributed by atoms with Crippen LogP contribution in [0.4, 0.5) is 5.69 Å². The fraction of sp³-hybridized carbons (Fsp3) is 0.111. The van der Waals surface area contributed by atoms with Crippen LogP contribution >= 0.6 is 0 Å². The lowest BCUT2D eigenvalue weighted by Crippen LogP contribution is -2.21. The van der Waals surface area contributed by atoms with Crippen molar-refractivity contribution in [3.8, 4) is 0 Å². The second kappa shape index (κ2) is 6.60. The molecule has 0 heterocycles. The molecule has 0 N–H and O–H groups in total. The summed E-state index contributed by atoms with van der Waals surface area (Å²) in [6.45, 7) is 8.94. The molecule has 0 aliphatic heterocycles. The third-order valence-corrected chi connectivity index (χ3v) is 3.06. The number of anilines is 1. The summed E-state index contributed by atoms with van der Waals surface area (Å²) in [5, 5.41) is 0. The van der Waals surface area contributed by atoms with Gasteiger partial charge >= 0.3 is 0 Å². The van der Waals surface area contributed by atoms with Crippen molar-refractivity contribution in [3.05, 3.63) is 85.5 Å². The zero-order valence-corrected chi connectivity index (χ0v) is 11.1. The summed E-state index contributed by atoms with van der Waals surface area (Å²) in [5.74, 6) is 0. The van der Waals surface area contributed by atoms with E-state index in [1.807, 2.05) is 30.3 Å². The number of nitrogens with zero attached hydrogens (tertiary/aromatic N) is 1. The Morgan fingerprint density at radius 2 is 1.53 bits per heavy atom. The van der Waals surface area contributed by atoms with Crippen LogP contribution in [0.15, 0.2) is 79.9 Å². The molecule has 0 aliphatic carbocycles. The molecule has 0 atom stereocenters. The van der Waals surface area contributed by atoms with Gasteiger partial charge in [0.2, 0.25) is 0 Å². The van der Waals surface area contributed by atoms with Crippen LogP contribution in [-0.2, 0) is 0 Å². The molecule has 1 heteroatoms. The molecule has 0 spiro atoms. The minimum absolute atomic E-state index is 0.890. The molecule has 2 aromatic carbocycles. The first-order valence-corrected chi connectivity index (χ1v) is 6.50. The number of hydrogen-bond acceptors (Lipinski definition) is 1. The van der Waals surface area contributed by atoms with Crippen LogP contribution in [0.2, 0.25) is 0 Å². The molecular weight excluding hydrogens is 230 g/mol. The fourth-order valence-electron chi connectivity index (χ4n) is 2.03. The van der Waals surface area contributed by atoms with Crippen LogP contribution in [-0.4, -0.2) is 6.54 Å². The van der Waals surface area contributed by atoms with Gasteiger partial charge in [-0.2, -0.15) is 0 Å². The van der Waals surface area contributed by atoms with Gasteiger partial charge in [0.05, 0.1) is 0 Å². The average molecular weight is 249 g/mol. The number of rotatable bonds is 6. The lowest BCUT2D eigenvalue weighted by Gasteiger charge is -2.26. The Kier molecular flexibility index (Phi) is 4.57. The molecule has 0 fully saturated rings. The van der Waals surface area contributed by atoms with Gasteiger partial charge in [-0.15, -0.1) is 6.58 Å². The summed E-state index contributed by atoms with van der Waals surface area (Å²) >= 11 is 0. The molecule has 0 amide bonds. The summed E-state index contributed by atoms with van der Waals surface area (Å²) in [6, 6.07) is 20.6. The normalized spacial score (nSPS) is 9.89. The van der Waals surface area contributed by atoms with Gasteiger partial charge in [0, 0.05) is 17.9 Å². The summed E-state index contributed by atoms with van der Waals surface area (Å²) < 4.78 is 0. The molecule has 0 aliphatic rings. The topological polar surface area (TPSA) is 3.24 Å². The van der Waals surface area contributed by atoms with Crippen molar-refractivity contribution in [2.75, 3.05) is 11.4 Å². The van der Waals surface area contributed by atoms with Gasteiger partial charge in [0.1, 0.15) is 0 Å². The minimum Gasteiger partial charge on any atom is -0.341 e. The number of hydrogen-bond donors (Lipinski definition) is 0. The van der Waals surface area contributed by atoms with E-state index in [9.17, 15) is 0 Å². The van der Waals surface area contributed by atoms with Crippen molar-refractivity contribution in [2.45, 2.75) is 6.42 Å². The van der Waals surface area contributed by atoms with Crippen LogP contribution in [0.1, 0.15) is 12.0 Å². The van der Waals surface area contributed by atoms with Gasteiger partial charge in [0.25, 0.3) is 0 Å². The fourth-order valence-corrected chi connectivity index (χ4v) is 2.03. The van der Waals surface area contributed by atoms with Crippen molar-refractivity contribution < 1.29 is 0 Å². The highest BCUT2D eigenvalue weighted by Crippen LogP contribution is 2.24. The SMILES string of the molecule is C=CCCN(C(=C)c1ccccc1)c1ccccc1. The molecule has 96 valence electrons. The standard InChI is InChI=1S/C18H19N/c1-3-4-15-19(18-13-9-6-10-14-18)16(2)17-11-7-5-8-12-17/h3,5-14H,1-2,4,15H2. The van der Waals surface area contributed by atoms with E-state index < -0.39 is 0 Å². The largest absolute Gasteiger partial charge is 0.341 e. The molecule has 0 saturated heterocycles. The van der Waals surface area contributed by atoms with Crippen molar-refractivity contribution in [2.24, 2.45) is 0 Å². The van der Waals surface area contributed by atoms with Gasteiger partial charge in [-0.25, -0.2) is 0 Å². The van der Waals surface area contributed by atoms with E-state index in [1.54, 1.807) is 0 Å². The van der Waals surface area contributed by atoms with E-state index in [-0.39, 0.29) is 0 Å². The van der Waals surface area contributed by atoms with E-state index >= 15 is 0 Å². The van der Waals surface area contributed by atoms with E-state index in [4.69, 9.17) is 0 Å². The first-order chi connectivity index (χ1) is 9.33. The third kappa shape index (κ3) is 3.35. The molecular formula is C18H19N. The first kappa shape index (κ1) is 13.2. The van der Waals surface area contributed by atoms with Crippen LogP contribution in [0, 0.1) is 0 Å². The predicted molar refractivity (Wildman–Crippen MR) is 84.1 cm³/mol. The second-order valence-corrected chi connectivity index (χ2v) is 4.38. The Bertz CT molecular complexity index is 528. The van der Waals surface area contributed by atoms with Crippen molar-refractivity contribution in [3.63, 3.8) is 0 Å². The summed E-state index contributed by atoms with van der Waals surface area (Å²) in [5.41, 5.74) is 3.34. The zero-order chi connectivity index (χ0) is 13.5. The first-order valence-electron chi connectivity index (χ1n) is 6.50. The van der Waals surface area contributed by atoms with Crippen molar-refractivity contribution in [1.82, 2.24) is 0 Å². The third-order valence-electron chi connectivity index (χ3n) is 3.06. The highest BCUT2D eigenvalue weighted by molar-refractivity contribution is 5.77. The van der Waals surface area contributed by atoms with Gasteiger partial charge in [0.15, 0.2) is 0 Å². The molecule has 2 aromatic rings. The maximum Gasteiger partial charge on any atom is 0.0411 e. The molecule has 0 aromatic heterocycles. The maximum absolute atomic E-state index is 4.25. The molecule has 2 rings (SSSR count). The van der Waals surface area contributed by atoms with Crippen LogP contribution < -0.4 is 4.90 Å². The van der Waals surface area contributed by atoms with Crippen LogP contribution in [0.25, 0.3) is 5.70 Å². The van der Waals surface area contributed by atoms with Gasteiger partial charge in [-0.05, 0) is 24.1 Å². The van der Waals surface area contributed by atoms with Crippen molar-refractivity contribution in [1.29, 1.82) is 0 Å². The average Bonchev–Trinajstić information content (AvgIpc) is 2.49. The van der Waals surface area contributed by atoms with E-state index in [1.165, 1.54) is 5.69 Å². The van der Waals surface area contributed by atoms with E-state index in [0.29, 0.717) is 0 Å². The number of para-hydroxylation sites is 1. The molecule has 1 nitrogen and oxygen atoms in total. The lowest BCUT2D eigenvalue weighted by molar-refractivity contribution is 0.950. The Morgan fingerprint density at radius 3 is 2.11 bits per heavy atom. The molecule has 19 heavy (non-hydrogen) atoms. The second-order valence-electron chi connectivity index (χ2n) is 4.38. The summed E-state index contributed by atoms with van der Waals surface area (Å²) in [7, 11) is 0. The molecule has 0 unspecified atom stereocenters. The zero-order valence-electron chi connectivity index (χ0n) is 11.1. The van der Waals surface area contributed by atoms with Crippen LogP contribution in [0.5, 0.6) is 0 Å². The Hall–Kier alpha value is -2.28. The summed E-state index contributed by atoms with van der Waals surface area (Å²) in [6.07, 6.45) is 2.87. The molecule has 0 saturated carbocycles. The molecule has 0 bridgehead atoms. The highest BCUT2D eigenvalue weighted by atomic mass is 15.1. The quantitative estimate of drug-likeness (QED) is 0.668. The highest BCUT2D eigenvalue weighted by Gasteiger charge is 2.10. The monoisotopic (exact) mass is 249 g/mol. The predicted octanol–water partition coefficient (Wildman–Crippen LogP) is 4.74. The summed E-state index contributed by atoms with van der Waals surface area (Å²) in [4.78, 5) is 2.23. The molecule has 0 radical (unpaired) electrons. The van der Waals surface area contributed by atoms with E-state index in [0.717, 1.165) is 24.2 Å². The Morgan fingerprint density at radius 1 is 0.947 bits per heavy atom. The van der Waals surface area contributed by atoms with E-state index in [2.05, 4.69) is 54.5 Å². The maximum atomic E-state index is 4.25. The Labute approximate surface area is 115 Å².